The predicted molar refractivity (Wildman–Crippen MR) is 91.2 cm³/mol. The summed E-state index contributed by atoms with van der Waals surface area (Å²) in [6, 6.07) is 5.84. The number of likely N-dealkylation sites (N-methyl/N-ethyl adjacent to an activating group) is 1. The van der Waals surface area contributed by atoms with Gasteiger partial charge in [-0.25, -0.2) is 4.98 Å². The Hall–Kier alpha value is -1.46. The summed E-state index contributed by atoms with van der Waals surface area (Å²) in [6.07, 6.45) is 0. The fourth-order valence-corrected chi connectivity index (χ4v) is 3.25. The van der Waals surface area contributed by atoms with Gasteiger partial charge in [0.25, 0.3) is 5.91 Å². The molecule has 3 rings (SSSR count). The van der Waals surface area contributed by atoms with Gasteiger partial charge in [0.2, 0.25) is 0 Å². The molecule has 2 aliphatic rings. The number of likely N-dealkylation sites (tertiary alicyclic amines) is 1. The molecule has 0 unspecified atom stereocenters. The van der Waals surface area contributed by atoms with Crippen LogP contribution >= 0.6 is 0 Å². The van der Waals surface area contributed by atoms with Crippen molar-refractivity contribution in [2.24, 2.45) is 11.8 Å². The number of aromatic nitrogens is 1. The molecule has 5 heteroatoms. The molecule has 0 spiro atoms. The van der Waals surface area contributed by atoms with Gasteiger partial charge in [-0.3, -0.25) is 9.69 Å². The van der Waals surface area contributed by atoms with Crippen LogP contribution in [0.3, 0.4) is 0 Å². The molecule has 0 radical (unpaired) electrons. The van der Waals surface area contributed by atoms with Gasteiger partial charge in [-0.1, -0.05) is 19.9 Å². The average Bonchev–Trinajstić information content (AvgIpc) is 2.50. The summed E-state index contributed by atoms with van der Waals surface area (Å²) in [7, 11) is 2.10. The first-order valence-electron chi connectivity index (χ1n) is 8.69. The van der Waals surface area contributed by atoms with Crippen molar-refractivity contribution in [2.75, 3.05) is 46.3 Å². The average molecular weight is 316 g/mol. The zero-order valence-corrected chi connectivity index (χ0v) is 14.5. The van der Waals surface area contributed by atoms with Gasteiger partial charge in [-0.2, -0.15) is 0 Å². The van der Waals surface area contributed by atoms with Crippen molar-refractivity contribution >= 4 is 5.91 Å². The summed E-state index contributed by atoms with van der Waals surface area (Å²) < 4.78 is 0. The normalized spacial score (nSPS) is 20.8. The lowest BCUT2D eigenvalue weighted by atomic mass is 9.88. The van der Waals surface area contributed by atoms with Crippen molar-refractivity contribution in [3.8, 4) is 0 Å². The fourth-order valence-electron chi connectivity index (χ4n) is 3.25. The third kappa shape index (κ3) is 3.90. The lowest BCUT2D eigenvalue weighted by Crippen LogP contribution is -2.48. The van der Waals surface area contributed by atoms with Gasteiger partial charge in [0.15, 0.2) is 0 Å². The molecule has 0 saturated carbocycles. The second-order valence-corrected chi connectivity index (χ2v) is 7.31. The number of carbonyl (C=O) groups excluding carboxylic acids is 1. The van der Waals surface area contributed by atoms with Crippen LogP contribution in [0.15, 0.2) is 18.2 Å². The minimum absolute atomic E-state index is 0.0728. The molecule has 2 fully saturated rings. The van der Waals surface area contributed by atoms with Crippen LogP contribution in [0.2, 0.25) is 0 Å². The Labute approximate surface area is 139 Å². The van der Waals surface area contributed by atoms with E-state index >= 15 is 0 Å². The minimum Gasteiger partial charge on any atom is -0.335 e. The number of carbonyl (C=O) groups is 1. The van der Waals surface area contributed by atoms with Gasteiger partial charge < -0.3 is 9.80 Å². The Kier molecular flexibility index (Phi) is 4.97. The van der Waals surface area contributed by atoms with Crippen molar-refractivity contribution in [1.29, 1.82) is 0 Å². The van der Waals surface area contributed by atoms with E-state index < -0.39 is 0 Å². The van der Waals surface area contributed by atoms with Crippen LogP contribution in [0.25, 0.3) is 0 Å². The van der Waals surface area contributed by atoms with Crippen molar-refractivity contribution in [2.45, 2.75) is 20.4 Å². The summed E-state index contributed by atoms with van der Waals surface area (Å²) in [5, 5.41) is 0. The number of nitrogens with zero attached hydrogens (tertiary/aromatic N) is 4. The lowest BCUT2D eigenvalue weighted by Gasteiger charge is -2.41. The van der Waals surface area contributed by atoms with Crippen LogP contribution in [0.4, 0.5) is 0 Å². The van der Waals surface area contributed by atoms with Gasteiger partial charge in [-0.05, 0) is 31.0 Å². The zero-order chi connectivity index (χ0) is 16.4. The molecule has 2 aliphatic heterocycles. The monoisotopic (exact) mass is 316 g/mol. The fraction of sp³-hybridized carbons (Fsp3) is 0.667. The summed E-state index contributed by atoms with van der Waals surface area (Å²) in [5.74, 6) is 1.64. The molecule has 23 heavy (non-hydrogen) atoms. The van der Waals surface area contributed by atoms with Crippen molar-refractivity contribution in [1.82, 2.24) is 19.7 Å². The highest BCUT2D eigenvalue weighted by atomic mass is 16.2. The van der Waals surface area contributed by atoms with Crippen molar-refractivity contribution in [3.63, 3.8) is 0 Å². The Morgan fingerprint density at radius 3 is 2.57 bits per heavy atom. The van der Waals surface area contributed by atoms with Gasteiger partial charge in [0, 0.05) is 45.8 Å². The number of pyridine rings is 1. The van der Waals surface area contributed by atoms with Crippen LogP contribution in [-0.4, -0.2) is 71.9 Å². The second kappa shape index (κ2) is 6.97. The molecule has 1 amide bonds. The quantitative estimate of drug-likeness (QED) is 0.845. The van der Waals surface area contributed by atoms with E-state index in [4.69, 9.17) is 0 Å². The summed E-state index contributed by atoms with van der Waals surface area (Å²) in [5.41, 5.74) is 1.60. The summed E-state index contributed by atoms with van der Waals surface area (Å²) in [6.45, 7) is 11.2. The molecule has 5 nitrogen and oxygen atoms in total. The molecule has 1 aromatic rings. The topological polar surface area (TPSA) is 39.7 Å². The highest BCUT2D eigenvalue weighted by Gasteiger charge is 2.29. The zero-order valence-electron chi connectivity index (χ0n) is 14.5. The predicted octanol–water partition coefficient (Wildman–Crippen LogP) is 1.56. The van der Waals surface area contributed by atoms with E-state index in [1.54, 1.807) is 0 Å². The van der Waals surface area contributed by atoms with Crippen LogP contribution in [0.1, 0.15) is 30.0 Å². The van der Waals surface area contributed by atoms with E-state index in [0.29, 0.717) is 5.69 Å². The minimum atomic E-state index is 0.0728. The molecule has 2 saturated heterocycles. The Bertz CT molecular complexity index is 546. The Balaban J connectivity index is 1.58. The van der Waals surface area contributed by atoms with E-state index in [1.165, 1.54) is 0 Å². The SMILES string of the molecule is CC(C)C1CN(Cc2cccc(C(=O)N3CCN(C)CC3)n2)C1. The molecule has 0 aromatic carbocycles. The molecule has 3 heterocycles. The van der Waals surface area contributed by atoms with Crippen LogP contribution < -0.4 is 0 Å². The standard InChI is InChI=1S/C18H28N4O/c1-14(2)15-11-21(12-15)13-16-5-4-6-17(19-16)18(23)22-9-7-20(3)8-10-22/h4-6,14-15H,7-13H2,1-3H3. The van der Waals surface area contributed by atoms with Gasteiger partial charge in [-0.15, -0.1) is 0 Å². The van der Waals surface area contributed by atoms with Crippen LogP contribution in [-0.2, 0) is 6.54 Å². The maximum Gasteiger partial charge on any atom is 0.272 e. The molecule has 0 N–H and O–H groups in total. The first-order chi connectivity index (χ1) is 11.0. The molecule has 0 aliphatic carbocycles. The first kappa shape index (κ1) is 16.4. The van der Waals surface area contributed by atoms with E-state index in [2.05, 4.69) is 35.7 Å². The van der Waals surface area contributed by atoms with E-state index in [9.17, 15) is 4.79 Å². The largest absolute Gasteiger partial charge is 0.335 e. The molecule has 0 atom stereocenters. The highest BCUT2D eigenvalue weighted by molar-refractivity contribution is 5.92. The highest BCUT2D eigenvalue weighted by Crippen LogP contribution is 2.24. The van der Waals surface area contributed by atoms with Gasteiger partial charge in [0.05, 0.1) is 5.69 Å². The maximum absolute atomic E-state index is 12.6. The number of piperazine rings is 1. The third-order valence-electron chi connectivity index (χ3n) is 5.13. The second-order valence-electron chi connectivity index (χ2n) is 7.31. The number of amides is 1. The Morgan fingerprint density at radius 2 is 1.91 bits per heavy atom. The van der Waals surface area contributed by atoms with Crippen LogP contribution in [0, 0.1) is 11.8 Å². The van der Waals surface area contributed by atoms with E-state index in [0.717, 1.165) is 63.3 Å². The van der Waals surface area contributed by atoms with Gasteiger partial charge in [0.1, 0.15) is 5.69 Å². The van der Waals surface area contributed by atoms with Crippen LogP contribution in [0.5, 0.6) is 0 Å². The molecular formula is C18H28N4O. The lowest BCUT2D eigenvalue weighted by molar-refractivity contribution is 0.0596. The van der Waals surface area contributed by atoms with Crippen molar-refractivity contribution in [3.05, 3.63) is 29.6 Å². The summed E-state index contributed by atoms with van der Waals surface area (Å²) >= 11 is 0. The van der Waals surface area contributed by atoms with Crippen molar-refractivity contribution < 1.29 is 4.79 Å². The molecular weight excluding hydrogens is 288 g/mol. The maximum atomic E-state index is 12.6. The first-order valence-corrected chi connectivity index (χ1v) is 8.69. The van der Waals surface area contributed by atoms with E-state index in [1.807, 2.05) is 23.1 Å². The Morgan fingerprint density at radius 1 is 1.22 bits per heavy atom. The number of hydrogen-bond acceptors (Lipinski definition) is 4. The smallest absolute Gasteiger partial charge is 0.272 e. The third-order valence-corrected chi connectivity index (χ3v) is 5.13. The van der Waals surface area contributed by atoms with E-state index in [-0.39, 0.29) is 5.91 Å². The number of hydrogen-bond donors (Lipinski definition) is 0. The molecule has 0 bridgehead atoms. The van der Waals surface area contributed by atoms with Gasteiger partial charge >= 0.3 is 0 Å². The molecule has 126 valence electrons. The molecule has 1 aromatic heterocycles. The number of rotatable bonds is 4. The summed E-state index contributed by atoms with van der Waals surface area (Å²) in [4.78, 5) is 23.8.